The van der Waals surface area contributed by atoms with Gasteiger partial charge in [-0.15, -0.1) is 0 Å². The van der Waals surface area contributed by atoms with E-state index in [4.69, 9.17) is 4.74 Å². The van der Waals surface area contributed by atoms with E-state index in [1.54, 1.807) is 19.9 Å². The number of hydrogen-bond acceptors (Lipinski definition) is 4. The summed E-state index contributed by atoms with van der Waals surface area (Å²) >= 11 is 0. The molecule has 0 bridgehead atoms. The molecule has 0 aromatic heterocycles. The molecule has 116 valence electrons. The Balaban J connectivity index is 2.72. The minimum Gasteiger partial charge on any atom is -0.481 e. The highest BCUT2D eigenvalue weighted by atomic mass is 16.5. The van der Waals surface area contributed by atoms with Crippen LogP contribution in [-0.4, -0.2) is 31.6 Å². The van der Waals surface area contributed by atoms with Gasteiger partial charge in [0.05, 0.1) is 0 Å². The summed E-state index contributed by atoms with van der Waals surface area (Å²) < 4.78 is 5.68. The van der Waals surface area contributed by atoms with E-state index in [0.717, 1.165) is 5.56 Å². The molecule has 0 aliphatic carbocycles. The van der Waals surface area contributed by atoms with E-state index in [-0.39, 0.29) is 6.04 Å². The minimum absolute atomic E-state index is 0.0971. The number of nitrogens with one attached hydrogen (secondary N) is 3. The maximum absolute atomic E-state index is 11.9. The Morgan fingerprint density at radius 3 is 2.52 bits per heavy atom. The van der Waals surface area contributed by atoms with Crippen molar-refractivity contribution < 1.29 is 14.3 Å². The first-order valence-corrected chi connectivity index (χ1v) is 7.01. The van der Waals surface area contributed by atoms with Crippen LogP contribution in [0.15, 0.2) is 24.3 Å². The summed E-state index contributed by atoms with van der Waals surface area (Å²) in [5.74, 6) is 0.144. The molecule has 6 nitrogen and oxygen atoms in total. The molecule has 0 heterocycles. The molecule has 3 amide bonds. The van der Waals surface area contributed by atoms with Crippen molar-refractivity contribution in [2.75, 3.05) is 13.6 Å². The molecule has 1 rings (SSSR count). The number of benzene rings is 1. The number of imide groups is 1. The Hall–Kier alpha value is -2.08. The summed E-state index contributed by atoms with van der Waals surface area (Å²) in [5, 5.41) is 7.86. The maximum atomic E-state index is 11.9. The standard InChI is InChI=1S/C15H23N3O3/c1-5-17-15(20)18-14(19)11(3)21-13-9-7-6-8-12(13)10(2)16-4/h6-11,16H,5H2,1-4H3,(H2,17,18,19,20). The van der Waals surface area contributed by atoms with E-state index in [9.17, 15) is 9.59 Å². The summed E-state index contributed by atoms with van der Waals surface area (Å²) in [5.41, 5.74) is 0.956. The van der Waals surface area contributed by atoms with Gasteiger partial charge in [-0.05, 0) is 33.9 Å². The maximum Gasteiger partial charge on any atom is 0.321 e. The number of rotatable bonds is 6. The van der Waals surface area contributed by atoms with E-state index in [1.165, 1.54) is 0 Å². The third-order valence-corrected chi connectivity index (χ3v) is 3.07. The molecule has 3 N–H and O–H groups in total. The number of carbonyl (C=O) groups is 2. The third-order valence-electron chi connectivity index (χ3n) is 3.07. The van der Waals surface area contributed by atoms with Crippen LogP contribution in [0.2, 0.25) is 0 Å². The van der Waals surface area contributed by atoms with Crippen molar-refractivity contribution in [2.24, 2.45) is 0 Å². The lowest BCUT2D eigenvalue weighted by Gasteiger charge is -2.19. The van der Waals surface area contributed by atoms with Gasteiger partial charge in [0.2, 0.25) is 0 Å². The second-order valence-electron chi connectivity index (χ2n) is 4.66. The van der Waals surface area contributed by atoms with Crippen LogP contribution in [0.4, 0.5) is 4.79 Å². The molecule has 0 aliphatic heterocycles. The van der Waals surface area contributed by atoms with E-state index < -0.39 is 18.0 Å². The van der Waals surface area contributed by atoms with Gasteiger partial charge in [-0.1, -0.05) is 18.2 Å². The van der Waals surface area contributed by atoms with Gasteiger partial charge in [0.25, 0.3) is 5.91 Å². The average molecular weight is 293 g/mol. The number of carbonyl (C=O) groups excluding carboxylic acids is 2. The summed E-state index contributed by atoms with van der Waals surface area (Å²) in [6.07, 6.45) is -0.766. The quantitative estimate of drug-likeness (QED) is 0.744. The molecule has 0 radical (unpaired) electrons. The van der Waals surface area contributed by atoms with Gasteiger partial charge in [-0.25, -0.2) is 4.79 Å². The van der Waals surface area contributed by atoms with Crippen molar-refractivity contribution in [2.45, 2.75) is 32.9 Å². The van der Waals surface area contributed by atoms with E-state index in [2.05, 4.69) is 16.0 Å². The van der Waals surface area contributed by atoms with E-state index in [1.807, 2.05) is 32.2 Å². The Morgan fingerprint density at radius 1 is 1.24 bits per heavy atom. The topological polar surface area (TPSA) is 79.5 Å². The molecule has 0 spiro atoms. The fraction of sp³-hybridized carbons (Fsp3) is 0.467. The van der Waals surface area contributed by atoms with Crippen molar-refractivity contribution in [1.29, 1.82) is 0 Å². The van der Waals surface area contributed by atoms with Gasteiger partial charge >= 0.3 is 6.03 Å². The molecule has 1 aromatic rings. The zero-order valence-electron chi connectivity index (χ0n) is 12.9. The van der Waals surface area contributed by atoms with Crippen molar-refractivity contribution in [3.05, 3.63) is 29.8 Å². The number of para-hydroxylation sites is 1. The van der Waals surface area contributed by atoms with Gasteiger partial charge in [-0.3, -0.25) is 10.1 Å². The van der Waals surface area contributed by atoms with Crippen LogP contribution in [0.1, 0.15) is 32.4 Å². The predicted molar refractivity (Wildman–Crippen MR) is 81.2 cm³/mol. The zero-order chi connectivity index (χ0) is 15.8. The van der Waals surface area contributed by atoms with Crippen LogP contribution in [0, 0.1) is 0 Å². The molecular formula is C15H23N3O3. The van der Waals surface area contributed by atoms with Crippen LogP contribution in [0.3, 0.4) is 0 Å². The summed E-state index contributed by atoms with van der Waals surface area (Å²) in [7, 11) is 1.85. The molecule has 0 saturated carbocycles. The number of hydrogen-bond donors (Lipinski definition) is 3. The third kappa shape index (κ3) is 5.07. The smallest absolute Gasteiger partial charge is 0.321 e. The normalized spacial score (nSPS) is 13.1. The lowest BCUT2D eigenvalue weighted by Crippen LogP contribution is -2.45. The van der Waals surface area contributed by atoms with Gasteiger partial charge in [0, 0.05) is 18.2 Å². The van der Waals surface area contributed by atoms with Crippen LogP contribution < -0.4 is 20.7 Å². The van der Waals surface area contributed by atoms with Crippen LogP contribution in [0.5, 0.6) is 5.75 Å². The van der Waals surface area contributed by atoms with Crippen molar-refractivity contribution in [3.63, 3.8) is 0 Å². The Labute approximate surface area is 125 Å². The van der Waals surface area contributed by atoms with E-state index >= 15 is 0 Å². The average Bonchev–Trinajstić information content (AvgIpc) is 2.47. The van der Waals surface area contributed by atoms with Gasteiger partial charge in [-0.2, -0.15) is 0 Å². The molecular weight excluding hydrogens is 270 g/mol. The Kier molecular flexibility index (Phi) is 6.68. The zero-order valence-corrected chi connectivity index (χ0v) is 12.9. The molecule has 2 unspecified atom stereocenters. The van der Waals surface area contributed by atoms with Crippen molar-refractivity contribution >= 4 is 11.9 Å². The molecule has 6 heteroatoms. The molecule has 0 aliphatic rings. The van der Waals surface area contributed by atoms with Crippen molar-refractivity contribution in [3.8, 4) is 5.75 Å². The summed E-state index contributed by atoms with van der Waals surface area (Å²) in [6, 6.07) is 7.07. The van der Waals surface area contributed by atoms with Gasteiger partial charge in [0.15, 0.2) is 6.10 Å². The number of amides is 3. The highest BCUT2D eigenvalue weighted by molar-refractivity contribution is 5.96. The molecule has 2 atom stereocenters. The Morgan fingerprint density at radius 2 is 1.90 bits per heavy atom. The molecule has 0 fully saturated rings. The van der Waals surface area contributed by atoms with Crippen LogP contribution >= 0.6 is 0 Å². The number of ether oxygens (including phenoxy) is 1. The summed E-state index contributed by atoms with van der Waals surface area (Å²) in [6.45, 7) is 5.84. The number of urea groups is 1. The second-order valence-corrected chi connectivity index (χ2v) is 4.66. The van der Waals surface area contributed by atoms with Crippen LogP contribution in [-0.2, 0) is 4.79 Å². The monoisotopic (exact) mass is 293 g/mol. The lowest BCUT2D eigenvalue weighted by molar-refractivity contribution is -0.126. The minimum atomic E-state index is -0.766. The first-order chi connectivity index (χ1) is 9.99. The Bertz CT molecular complexity index is 491. The molecule has 21 heavy (non-hydrogen) atoms. The van der Waals surface area contributed by atoms with Crippen molar-refractivity contribution in [1.82, 2.24) is 16.0 Å². The SMILES string of the molecule is CCNC(=O)NC(=O)C(C)Oc1ccccc1C(C)NC. The molecule has 0 saturated heterocycles. The second kappa shape index (κ2) is 8.26. The highest BCUT2D eigenvalue weighted by Crippen LogP contribution is 2.25. The first-order valence-electron chi connectivity index (χ1n) is 7.01. The molecule has 1 aromatic carbocycles. The highest BCUT2D eigenvalue weighted by Gasteiger charge is 2.19. The van der Waals surface area contributed by atoms with Gasteiger partial charge < -0.3 is 15.4 Å². The lowest BCUT2D eigenvalue weighted by atomic mass is 10.1. The predicted octanol–water partition coefficient (Wildman–Crippen LogP) is 1.58. The first kappa shape index (κ1) is 17.0. The summed E-state index contributed by atoms with van der Waals surface area (Å²) in [4.78, 5) is 23.2. The van der Waals surface area contributed by atoms with Gasteiger partial charge in [0.1, 0.15) is 5.75 Å². The fourth-order valence-electron chi connectivity index (χ4n) is 1.76. The van der Waals surface area contributed by atoms with E-state index in [0.29, 0.717) is 12.3 Å². The fourth-order valence-corrected chi connectivity index (χ4v) is 1.76. The largest absolute Gasteiger partial charge is 0.481 e. The van der Waals surface area contributed by atoms with Crippen LogP contribution in [0.25, 0.3) is 0 Å².